The lowest BCUT2D eigenvalue weighted by molar-refractivity contribution is 0.0971. The van der Waals surface area contributed by atoms with Crippen molar-refractivity contribution in [1.82, 2.24) is 14.9 Å². The van der Waals surface area contributed by atoms with Gasteiger partial charge in [-0.25, -0.2) is 4.98 Å². The third-order valence-corrected chi connectivity index (χ3v) is 6.53. The Kier molecular flexibility index (Phi) is 8.93. The molecule has 1 aromatic heterocycles. The van der Waals surface area contributed by atoms with E-state index >= 15 is 0 Å². The molecule has 0 unspecified atom stereocenters. The van der Waals surface area contributed by atoms with Crippen LogP contribution in [0.15, 0.2) is 47.2 Å². The van der Waals surface area contributed by atoms with Crippen molar-refractivity contribution in [3.63, 3.8) is 0 Å². The van der Waals surface area contributed by atoms with E-state index in [0.717, 1.165) is 53.0 Å². The van der Waals surface area contributed by atoms with Crippen LogP contribution in [0.5, 0.6) is 5.75 Å². The summed E-state index contributed by atoms with van der Waals surface area (Å²) in [5, 5.41) is 6.26. The summed E-state index contributed by atoms with van der Waals surface area (Å²) >= 11 is 3.46. The molecular weight excluding hydrogens is 534 g/mol. The zero-order chi connectivity index (χ0) is 24.2. The van der Waals surface area contributed by atoms with E-state index < -0.39 is 11.8 Å². The minimum Gasteiger partial charge on any atom is -0.493 e. The fourth-order valence-corrected chi connectivity index (χ4v) is 4.43. The summed E-state index contributed by atoms with van der Waals surface area (Å²) in [6.45, 7) is 6.56. The van der Waals surface area contributed by atoms with Crippen LogP contribution >= 0.6 is 28.3 Å². The number of primary amides is 1. The third kappa shape index (κ3) is 6.22. The average Bonchev–Trinajstić information content (AvgIpc) is 3.27. The topological polar surface area (TPSA) is 111 Å². The second kappa shape index (κ2) is 11.7. The van der Waals surface area contributed by atoms with Crippen LogP contribution in [0.1, 0.15) is 44.9 Å². The highest BCUT2D eigenvalue weighted by atomic mass is 79.9. The molecule has 4 rings (SSSR count). The lowest BCUT2D eigenvalue weighted by Gasteiger charge is -2.22. The third-order valence-electron chi connectivity index (χ3n) is 6.04. The molecule has 10 heteroatoms. The van der Waals surface area contributed by atoms with Crippen LogP contribution < -0.4 is 21.1 Å². The molecule has 0 bridgehead atoms. The Hall–Kier alpha value is -2.88. The normalized spacial score (nSPS) is 13.7. The Morgan fingerprint density at radius 2 is 1.91 bits per heavy atom. The van der Waals surface area contributed by atoms with Gasteiger partial charge in [0.15, 0.2) is 5.69 Å². The highest BCUT2D eigenvalue weighted by Gasteiger charge is 2.24. The number of halogens is 2. The molecule has 0 atom stereocenters. The van der Waals surface area contributed by atoms with Crippen LogP contribution in [0.25, 0.3) is 5.69 Å². The number of hydrogen-bond acceptors (Lipinski definition) is 5. The maximum Gasteiger partial charge on any atom is 0.275 e. The van der Waals surface area contributed by atoms with Crippen LogP contribution in [0, 0.1) is 19.8 Å². The first-order chi connectivity index (χ1) is 16.3. The zero-order valence-corrected chi connectivity index (χ0v) is 22.0. The van der Waals surface area contributed by atoms with Crippen molar-refractivity contribution in [2.75, 3.05) is 25.0 Å². The minimum absolute atomic E-state index is 0. The summed E-state index contributed by atoms with van der Waals surface area (Å²) in [5.74, 6) is 0.0728. The molecule has 0 spiro atoms. The maximum atomic E-state index is 13.3. The average molecular weight is 563 g/mol. The first kappa shape index (κ1) is 26.7. The number of benzene rings is 2. The zero-order valence-electron chi connectivity index (χ0n) is 19.6. The Morgan fingerprint density at radius 3 is 2.60 bits per heavy atom. The second-order valence-electron chi connectivity index (χ2n) is 8.54. The van der Waals surface area contributed by atoms with E-state index in [4.69, 9.17) is 10.5 Å². The van der Waals surface area contributed by atoms with Crippen molar-refractivity contribution in [1.29, 1.82) is 0 Å². The number of nitrogens with one attached hydrogen (secondary N) is 2. The van der Waals surface area contributed by atoms with E-state index in [0.29, 0.717) is 18.2 Å². The number of amides is 2. The van der Waals surface area contributed by atoms with Gasteiger partial charge in [-0.15, -0.1) is 12.4 Å². The standard InChI is InChI=1S/C25H28BrN5O3.ClH/c1-15-3-4-18(26)12-21(15)31-14-29-22(24(27)32)23(31)25(33)30-20-6-5-19(11-16(20)2)34-13-17-7-9-28-10-8-17;/h3-6,11-12,14,17,28H,7-10,13H2,1-2H3,(H2,27,32)(H,30,33);1H. The van der Waals surface area contributed by atoms with Gasteiger partial charge in [0.05, 0.1) is 12.3 Å². The van der Waals surface area contributed by atoms with Crippen LogP contribution in [0.4, 0.5) is 5.69 Å². The summed E-state index contributed by atoms with van der Waals surface area (Å²) < 4.78 is 8.41. The number of carbonyl (C=O) groups excluding carboxylic acids is 2. The number of nitrogens with two attached hydrogens (primary N) is 1. The highest BCUT2D eigenvalue weighted by Crippen LogP contribution is 2.26. The summed E-state index contributed by atoms with van der Waals surface area (Å²) in [7, 11) is 0. The van der Waals surface area contributed by atoms with Crippen molar-refractivity contribution >= 4 is 45.8 Å². The smallest absolute Gasteiger partial charge is 0.275 e. The number of aryl methyl sites for hydroxylation is 2. The Bertz CT molecular complexity index is 1220. The van der Waals surface area contributed by atoms with E-state index in [1.807, 2.05) is 44.2 Å². The van der Waals surface area contributed by atoms with Gasteiger partial charge in [-0.1, -0.05) is 22.0 Å². The molecule has 0 aliphatic carbocycles. The van der Waals surface area contributed by atoms with Crippen molar-refractivity contribution in [2.45, 2.75) is 26.7 Å². The molecule has 2 amide bonds. The first-order valence-electron chi connectivity index (χ1n) is 11.2. The van der Waals surface area contributed by atoms with Crippen LogP contribution in [-0.2, 0) is 0 Å². The number of anilines is 1. The summed E-state index contributed by atoms with van der Waals surface area (Å²) in [4.78, 5) is 29.5. The number of piperidine rings is 1. The second-order valence-corrected chi connectivity index (χ2v) is 9.46. The number of aromatic nitrogens is 2. The van der Waals surface area contributed by atoms with Gasteiger partial charge in [-0.2, -0.15) is 0 Å². The number of hydrogen-bond donors (Lipinski definition) is 3. The fourth-order valence-electron chi connectivity index (χ4n) is 4.08. The molecule has 3 aromatic rings. The Balaban J connectivity index is 0.00000342. The van der Waals surface area contributed by atoms with Crippen LogP contribution in [0.2, 0.25) is 0 Å². The monoisotopic (exact) mass is 561 g/mol. The highest BCUT2D eigenvalue weighted by molar-refractivity contribution is 9.10. The first-order valence-corrected chi connectivity index (χ1v) is 12.0. The number of nitrogens with zero attached hydrogens (tertiary/aromatic N) is 2. The quantitative estimate of drug-likeness (QED) is 0.395. The molecule has 1 saturated heterocycles. The van der Waals surface area contributed by atoms with Crippen LogP contribution in [-0.4, -0.2) is 41.1 Å². The van der Waals surface area contributed by atoms with Crippen molar-refractivity contribution in [3.8, 4) is 11.4 Å². The van der Waals surface area contributed by atoms with E-state index in [1.165, 1.54) is 6.33 Å². The molecule has 1 aliphatic heterocycles. The molecule has 0 saturated carbocycles. The Labute approximate surface area is 219 Å². The van der Waals surface area contributed by atoms with Crippen molar-refractivity contribution in [2.24, 2.45) is 11.7 Å². The van der Waals surface area contributed by atoms with Gasteiger partial charge in [-0.3, -0.25) is 14.2 Å². The summed E-state index contributed by atoms with van der Waals surface area (Å²) in [6, 6.07) is 11.2. The molecule has 2 heterocycles. The molecule has 35 heavy (non-hydrogen) atoms. The van der Waals surface area contributed by atoms with Crippen LogP contribution in [0.3, 0.4) is 0 Å². The number of imidazole rings is 1. The minimum atomic E-state index is -0.769. The lowest BCUT2D eigenvalue weighted by Crippen LogP contribution is -2.30. The molecule has 1 aliphatic rings. The predicted molar refractivity (Wildman–Crippen MR) is 142 cm³/mol. The summed E-state index contributed by atoms with van der Waals surface area (Å²) in [5.41, 5.74) is 8.62. The fraction of sp³-hybridized carbons (Fsp3) is 0.320. The van der Waals surface area contributed by atoms with Gasteiger partial charge >= 0.3 is 0 Å². The molecule has 4 N–H and O–H groups in total. The SMILES string of the molecule is Cc1cc(OCC2CCNCC2)ccc1NC(=O)c1c(C(N)=O)ncn1-c1cc(Br)ccc1C.Cl. The van der Waals surface area contributed by atoms with E-state index in [1.54, 1.807) is 10.6 Å². The number of ether oxygens (including phenoxy) is 1. The lowest BCUT2D eigenvalue weighted by atomic mass is 9.99. The van der Waals surface area contributed by atoms with Crippen molar-refractivity contribution in [3.05, 3.63) is 69.7 Å². The van der Waals surface area contributed by atoms with E-state index in [-0.39, 0.29) is 23.8 Å². The Morgan fingerprint density at radius 1 is 1.17 bits per heavy atom. The van der Waals surface area contributed by atoms with E-state index in [9.17, 15) is 9.59 Å². The predicted octanol–water partition coefficient (Wildman–Crippen LogP) is 4.40. The van der Waals surface area contributed by atoms with Gasteiger partial charge in [-0.05, 0) is 87.2 Å². The molecule has 0 radical (unpaired) electrons. The maximum absolute atomic E-state index is 13.3. The van der Waals surface area contributed by atoms with Gasteiger partial charge in [0.25, 0.3) is 11.8 Å². The van der Waals surface area contributed by atoms with Gasteiger partial charge in [0, 0.05) is 10.2 Å². The van der Waals surface area contributed by atoms with Crippen molar-refractivity contribution < 1.29 is 14.3 Å². The molecule has 8 nitrogen and oxygen atoms in total. The molecule has 1 fully saturated rings. The molecule has 186 valence electrons. The van der Waals surface area contributed by atoms with Gasteiger partial charge < -0.3 is 21.1 Å². The number of rotatable bonds is 7. The molecular formula is C25H29BrClN5O3. The molecule has 2 aromatic carbocycles. The van der Waals surface area contributed by atoms with Gasteiger partial charge in [0.1, 0.15) is 17.8 Å². The largest absolute Gasteiger partial charge is 0.493 e. The van der Waals surface area contributed by atoms with E-state index in [2.05, 4.69) is 31.5 Å². The number of carbonyl (C=O) groups is 2. The summed E-state index contributed by atoms with van der Waals surface area (Å²) in [6.07, 6.45) is 3.66. The van der Waals surface area contributed by atoms with Gasteiger partial charge in [0.2, 0.25) is 0 Å².